The molecule has 7 nitrogen and oxygen atoms in total. The number of rotatable bonds is 8. The SMILES string of the molecule is C.CCn1ncc2c(NC3CCOCC3)c(CNCc3cccc(N(C)C)c3)cnc21. The third-order valence-corrected chi connectivity index (χ3v) is 5.69. The van der Waals surface area contributed by atoms with Crippen LogP contribution in [0, 0.1) is 0 Å². The summed E-state index contributed by atoms with van der Waals surface area (Å²) < 4.78 is 7.49. The number of nitrogens with one attached hydrogen (secondary N) is 2. The van der Waals surface area contributed by atoms with Crippen LogP contribution in [0.5, 0.6) is 0 Å². The number of ether oxygens (including phenoxy) is 1. The highest BCUT2D eigenvalue weighted by atomic mass is 16.5. The number of anilines is 2. The van der Waals surface area contributed by atoms with Crippen LogP contribution in [0.15, 0.2) is 36.7 Å². The van der Waals surface area contributed by atoms with Crippen LogP contribution in [0.1, 0.15) is 38.3 Å². The van der Waals surface area contributed by atoms with E-state index in [4.69, 9.17) is 9.72 Å². The minimum atomic E-state index is 0. The standard InChI is InChI=1S/C23H32N6O.CH4/c1-4-29-23-21(16-26-29)22(27-19-8-10-30-11-9-19)18(15-25-23)14-24-13-17-6-5-7-20(12-17)28(2)3;/h5-7,12,15-16,19,24H,4,8-11,13-14H2,1-3H3,(H,25,27);1H4. The highest BCUT2D eigenvalue weighted by Gasteiger charge is 2.18. The van der Waals surface area contributed by atoms with Gasteiger partial charge in [0.05, 0.1) is 17.3 Å². The second-order valence-corrected chi connectivity index (χ2v) is 8.05. The fourth-order valence-corrected chi connectivity index (χ4v) is 3.94. The molecule has 1 aliphatic rings. The molecule has 0 amide bonds. The fourth-order valence-electron chi connectivity index (χ4n) is 3.94. The van der Waals surface area contributed by atoms with Crippen molar-refractivity contribution in [2.75, 3.05) is 37.5 Å². The Morgan fingerprint density at radius 1 is 1.16 bits per heavy atom. The predicted molar refractivity (Wildman–Crippen MR) is 129 cm³/mol. The topological polar surface area (TPSA) is 67.2 Å². The lowest BCUT2D eigenvalue weighted by molar-refractivity contribution is 0.0904. The smallest absolute Gasteiger partial charge is 0.159 e. The molecule has 0 saturated carbocycles. The highest BCUT2D eigenvalue weighted by molar-refractivity contribution is 5.90. The summed E-state index contributed by atoms with van der Waals surface area (Å²) in [5.41, 5.74) is 5.75. The van der Waals surface area contributed by atoms with E-state index in [1.807, 2.05) is 17.1 Å². The van der Waals surface area contributed by atoms with Gasteiger partial charge in [-0.05, 0) is 37.5 Å². The molecular formula is C24H36N6O. The van der Waals surface area contributed by atoms with Crippen LogP contribution in [0.25, 0.3) is 11.0 Å². The molecule has 2 N–H and O–H groups in total. The molecule has 31 heavy (non-hydrogen) atoms. The number of benzene rings is 1. The molecule has 0 unspecified atom stereocenters. The number of fused-ring (bicyclic) bond motifs is 1. The maximum Gasteiger partial charge on any atom is 0.159 e. The number of hydrogen-bond acceptors (Lipinski definition) is 6. The van der Waals surface area contributed by atoms with Gasteiger partial charge in [0, 0.05) is 70.4 Å². The van der Waals surface area contributed by atoms with Crippen LogP contribution in [0.4, 0.5) is 11.4 Å². The minimum absolute atomic E-state index is 0. The average Bonchev–Trinajstić information content (AvgIpc) is 3.19. The van der Waals surface area contributed by atoms with Gasteiger partial charge in [0.2, 0.25) is 0 Å². The van der Waals surface area contributed by atoms with Crippen LogP contribution in [-0.4, -0.2) is 48.1 Å². The van der Waals surface area contributed by atoms with Gasteiger partial charge in [-0.1, -0.05) is 19.6 Å². The molecule has 0 atom stereocenters. The van der Waals surface area contributed by atoms with E-state index in [1.165, 1.54) is 16.8 Å². The monoisotopic (exact) mass is 424 g/mol. The van der Waals surface area contributed by atoms with Gasteiger partial charge < -0.3 is 20.3 Å². The Bertz CT molecular complexity index is 977. The van der Waals surface area contributed by atoms with Crippen molar-refractivity contribution in [1.29, 1.82) is 0 Å². The first-order valence-corrected chi connectivity index (χ1v) is 10.8. The lowest BCUT2D eigenvalue weighted by Gasteiger charge is -2.26. The molecular weight excluding hydrogens is 388 g/mol. The summed E-state index contributed by atoms with van der Waals surface area (Å²) in [4.78, 5) is 6.85. The Hall–Kier alpha value is -2.64. The van der Waals surface area contributed by atoms with E-state index in [-0.39, 0.29) is 7.43 Å². The fraction of sp³-hybridized carbons (Fsp3) is 0.500. The van der Waals surface area contributed by atoms with Crippen molar-refractivity contribution in [1.82, 2.24) is 20.1 Å². The maximum absolute atomic E-state index is 5.53. The molecule has 1 fully saturated rings. The van der Waals surface area contributed by atoms with Crippen molar-refractivity contribution < 1.29 is 4.74 Å². The number of pyridine rings is 1. The van der Waals surface area contributed by atoms with Crippen molar-refractivity contribution in [3.05, 3.63) is 47.8 Å². The van der Waals surface area contributed by atoms with E-state index in [0.29, 0.717) is 6.04 Å². The number of hydrogen-bond donors (Lipinski definition) is 2. The molecule has 1 aliphatic heterocycles. The van der Waals surface area contributed by atoms with Gasteiger partial charge in [-0.25, -0.2) is 9.67 Å². The third kappa shape index (κ3) is 5.35. The molecule has 168 valence electrons. The molecule has 4 rings (SSSR count). The Morgan fingerprint density at radius 2 is 1.97 bits per heavy atom. The lowest BCUT2D eigenvalue weighted by atomic mass is 10.1. The maximum atomic E-state index is 5.53. The Morgan fingerprint density at radius 3 is 2.71 bits per heavy atom. The number of aryl methyl sites for hydroxylation is 1. The Balaban J connectivity index is 0.00000272. The summed E-state index contributed by atoms with van der Waals surface area (Å²) in [6, 6.07) is 9.04. The average molecular weight is 425 g/mol. The first kappa shape index (κ1) is 23.0. The summed E-state index contributed by atoms with van der Waals surface area (Å²) >= 11 is 0. The van der Waals surface area contributed by atoms with E-state index in [1.54, 1.807) is 0 Å². The Labute approximate surface area is 185 Å². The quantitative estimate of drug-likeness (QED) is 0.569. The summed E-state index contributed by atoms with van der Waals surface area (Å²) in [6.45, 7) is 6.10. The zero-order valence-corrected chi connectivity index (χ0v) is 18.2. The zero-order valence-electron chi connectivity index (χ0n) is 18.2. The molecule has 0 aliphatic carbocycles. The highest BCUT2D eigenvalue weighted by Crippen LogP contribution is 2.28. The van der Waals surface area contributed by atoms with Crippen LogP contribution >= 0.6 is 0 Å². The molecule has 1 aromatic carbocycles. The molecule has 0 bridgehead atoms. The van der Waals surface area contributed by atoms with Crippen molar-refractivity contribution in [2.45, 2.75) is 52.9 Å². The summed E-state index contributed by atoms with van der Waals surface area (Å²) in [6.07, 6.45) is 5.98. The first-order valence-electron chi connectivity index (χ1n) is 10.8. The third-order valence-electron chi connectivity index (χ3n) is 5.69. The molecule has 7 heteroatoms. The first-order chi connectivity index (χ1) is 14.7. The van der Waals surface area contributed by atoms with Gasteiger partial charge in [-0.3, -0.25) is 0 Å². The van der Waals surface area contributed by atoms with E-state index in [0.717, 1.165) is 62.4 Å². The van der Waals surface area contributed by atoms with E-state index in [2.05, 4.69) is 65.9 Å². The molecule has 3 heterocycles. The predicted octanol–water partition coefficient (Wildman–Crippen LogP) is 4.03. The van der Waals surface area contributed by atoms with Gasteiger partial charge in [-0.15, -0.1) is 0 Å². The van der Waals surface area contributed by atoms with Crippen molar-refractivity contribution >= 4 is 22.4 Å². The molecule has 2 aromatic heterocycles. The van der Waals surface area contributed by atoms with Gasteiger partial charge in [0.1, 0.15) is 0 Å². The van der Waals surface area contributed by atoms with Gasteiger partial charge in [-0.2, -0.15) is 5.10 Å². The van der Waals surface area contributed by atoms with Gasteiger partial charge >= 0.3 is 0 Å². The summed E-state index contributed by atoms with van der Waals surface area (Å²) in [5, 5.41) is 13.0. The molecule has 0 spiro atoms. The zero-order chi connectivity index (χ0) is 20.9. The minimum Gasteiger partial charge on any atom is -0.381 e. The van der Waals surface area contributed by atoms with Gasteiger partial charge in [0.15, 0.2) is 5.65 Å². The number of nitrogens with zero attached hydrogens (tertiary/aromatic N) is 4. The molecule has 0 radical (unpaired) electrons. The second kappa shape index (κ2) is 10.6. The number of aromatic nitrogens is 3. The molecule has 1 saturated heterocycles. The van der Waals surface area contributed by atoms with Crippen molar-refractivity contribution in [3.63, 3.8) is 0 Å². The normalized spacial score (nSPS) is 14.4. The second-order valence-electron chi connectivity index (χ2n) is 8.05. The molecule has 3 aromatic rings. The van der Waals surface area contributed by atoms with E-state index in [9.17, 15) is 0 Å². The summed E-state index contributed by atoms with van der Waals surface area (Å²) in [7, 11) is 4.14. The van der Waals surface area contributed by atoms with Crippen LogP contribution in [0.3, 0.4) is 0 Å². The van der Waals surface area contributed by atoms with E-state index >= 15 is 0 Å². The Kier molecular flexibility index (Phi) is 7.87. The van der Waals surface area contributed by atoms with Crippen LogP contribution < -0.4 is 15.5 Å². The van der Waals surface area contributed by atoms with Crippen LogP contribution in [0.2, 0.25) is 0 Å². The van der Waals surface area contributed by atoms with Crippen molar-refractivity contribution in [3.8, 4) is 0 Å². The lowest BCUT2D eigenvalue weighted by Crippen LogP contribution is -2.28. The van der Waals surface area contributed by atoms with Gasteiger partial charge in [0.25, 0.3) is 0 Å². The largest absolute Gasteiger partial charge is 0.381 e. The van der Waals surface area contributed by atoms with Crippen LogP contribution in [-0.2, 0) is 24.4 Å². The van der Waals surface area contributed by atoms with Crippen molar-refractivity contribution in [2.24, 2.45) is 0 Å². The summed E-state index contributed by atoms with van der Waals surface area (Å²) in [5.74, 6) is 0. The van der Waals surface area contributed by atoms with E-state index < -0.39 is 0 Å².